The number of alkyl halides is 1. The van der Waals surface area contributed by atoms with Gasteiger partial charge in [-0.05, 0) is 81.7 Å². The molecule has 0 radical (unpaired) electrons. The van der Waals surface area contributed by atoms with Gasteiger partial charge in [0.25, 0.3) is 5.91 Å². The Morgan fingerprint density at radius 2 is 2.00 bits per heavy atom. The summed E-state index contributed by atoms with van der Waals surface area (Å²) in [6.07, 6.45) is 15.9. The van der Waals surface area contributed by atoms with Gasteiger partial charge >= 0.3 is 0 Å². The maximum absolute atomic E-state index is 13.6. The molecule has 1 amide bonds. The number of rotatable bonds is 9. The largest absolute Gasteiger partial charge is 0.486 e. The molecule has 1 N–H and O–H groups in total. The van der Waals surface area contributed by atoms with Crippen LogP contribution >= 0.6 is 34.2 Å². The van der Waals surface area contributed by atoms with Crippen LogP contribution in [-0.4, -0.2) is 46.2 Å². The van der Waals surface area contributed by atoms with Crippen molar-refractivity contribution in [1.29, 1.82) is 5.41 Å². The Morgan fingerprint density at radius 3 is 2.74 bits per heavy atom. The van der Waals surface area contributed by atoms with Gasteiger partial charge in [-0.15, -0.1) is 0 Å². The van der Waals surface area contributed by atoms with Gasteiger partial charge in [0.05, 0.1) is 10.7 Å². The second-order valence-corrected chi connectivity index (χ2v) is 14.6. The minimum Gasteiger partial charge on any atom is -0.486 e. The molecule has 0 aromatic heterocycles. The maximum Gasteiger partial charge on any atom is 0.254 e. The Labute approximate surface area is 275 Å². The lowest BCUT2D eigenvalue weighted by Gasteiger charge is -2.28. The number of hydrogen-bond donors (Lipinski definition) is 1. The topological polar surface area (TPSA) is 62.6 Å². The summed E-state index contributed by atoms with van der Waals surface area (Å²) in [5, 5.41) is 9.13. The molecule has 2 unspecified atom stereocenters. The number of nitrogens with one attached hydrogen (secondary N) is 1. The number of ether oxygens (including phenoxy) is 2. The van der Waals surface area contributed by atoms with Gasteiger partial charge in [0.1, 0.15) is 13.2 Å². The Kier molecular flexibility index (Phi) is 11.7. The average Bonchev–Trinajstić information content (AvgIpc) is 3.14. The Hall–Kier alpha value is -2.84. The van der Waals surface area contributed by atoms with E-state index in [4.69, 9.17) is 26.5 Å². The third-order valence-corrected chi connectivity index (χ3v) is 8.80. The van der Waals surface area contributed by atoms with Crippen LogP contribution in [0.4, 0.5) is 0 Å². The normalized spacial score (nSPS) is 20.9. The minimum atomic E-state index is -0.153. The van der Waals surface area contributed by atoms with Crippen LogP contribution in [0.2, 0.25) is 5.02 Å². The van der Waals surface area contributed by atoms with Gasteiger partial charge in [0.15, 0.2) is 11.5 Å². The molecule has 0 bridgehead atoms. The average molecular weight is 713 g/mol. The zero-order valence-corrected chi connectivity index (χ0v) is 28.5. The first-order valence-corrected chi connectivity index (χ1v) is 16.5. The minimum absolute atomic E-state index is 0.0653. The smallest absolute Gasteiger partial charge is 0.254 e. The van der Waals surface area contributed by atoms with E-state index in [2.05, 4.69) is 85.9 Å². The molecular weight excluding hydrogens is 671 g/mol. The van der Waals surface area contributed by atoms with Crippen LogP contribution in [0, 0.1) is 18.3 Å². The number of aryl methyl sites for hydroxylation is 1. The highest BCUT2D eigenvalue weighted by Gasteiger charge is 2.32. The van der Waals surface area contributed by atoms with Crippen molar-refractivity contribution in [1.82, 2.24) is 4.90 Å². The lowest BCUT2D eigenvalue weighted by Crippen LogP contribution is -2.39. The van der Waals surface area contributed by atoms with Crippen LogP contribution in [0.25, 0.3) is 0 Å². The van der Waals surface area contributed by atoms with Crippen molar-refractivity contribution >= 4 is 45.8 Å². The first-order valence-electron chi connectivity index (χ1n) is 15.0. The molecule has 2 atom stereocenters. The zero-order chi connectivity index (χ0) is 31.0. The molecule has 1 saturated heterocycles. The molecule has 2 aliphatic rings. The summed E-state index contributed by atoms with van der Waals surface area (Å²) in [5.41, 5.74) is 5.75. The maximum atomic E-state index is 13.6. The van der Waals surface area contributed by atoms with E-state index in [9.17, 15) is 4.79 Å². The molecule has 2 aliphatic heterocycles. The summed E-state index contributed by atoms with van der Waals surface area (Å²) >= 11 is 8.89. The molecule has 0 spiro atoms. The number of likely N-dealkylation sites (tertiary alicyclic amines) is 1. The van der Waals surface area contributed by atoms with Crippen molar-refractivity contribution in [3.05, 3.63) is 106 Å². The summed E-state index contributed by atoms with van der Waals surface area (Å²) in [4.78, 5) is 15.5. The number of fused-ring (bicyclic) bond motifs is 1. The summed E-state index contributed by atoms with van der Waals surface area (Å²) < 4.78 is 11.2. The van der Waals surface area contributed by atoms with E-state index in [-0.39, 0.29) is 9.33 Å². The standard InChI is InChI=1S/C36H42ClIN2O3/c1-5-26(19-27-12-9-10-25(3)18-27)11-7-8-13-32(39)29(6-2)20-28-14-15-40(24-36(4,38)23-28)35(41)30-21-31(37)34-33(22-30)42-16-17-43-34/h6-13,18,20-22,26,39H,5,14-17,19,23-24H2,1-4H3/b11-7+,13-8+,28-20+,29-6?,39-32?. The number of amides is 1. The van der Waals surface area contributed by atoms with Crippen LogP contribution in [-0.2, 0) is 6.42 Å². The number of allylic oxidation sites excluding steroid dienone is 7. The molecule has 43 heavy (non-hydrogen) atoms. The quantitative estimate of drug-likeness (QED) is 0.122. The van der Waals surface area contributed by atoms with Gasteiger partial charge in [-0.25, -0.2) is 0 Å². The fourth-order valence-corrected chi connectivity index (χ4v) is 6.75. The van der Waals surface area contributed by atoms with Crippen molar-refractivity contribution in [2.45, 2.75) is 56.8 Å². The molecule has 2 aromatic rings. The van der Waals surface area contributed by atoms with Crippen LogP contribution in [0.1, 0.15) is 61.5 Å². The van der Waals surface area contributed by atoms with Crippen molar-refractivity contribution in [2.24, 2.45) is 5.92 Å². The number of nitrogens with zero attached hydrogens (tertiary/aromatic N) is 1. The second-order valence-electron chi connectivity index (χ2n) is 11.6. The lowest BCUT2D eigenvalue weighted by atomic mass is 9.95. The van der Waals surface area contributed by atoms with E-state index in [0.29, 0.717) is 60.0 Å². The van der Waals surface area contributed by atoms with Crippen molar-refractivity contribution < 1.29 is 14.3 Å². The highest BCUT2D eigenvalue weighted by atomic mass is 127. The fraction of sp³-hybridized carbons (Fsp3) is 0.389. The Balaban J connectivity index is 1.40. The van der Waals surface area contributed by atoms with Crippen LogP contribution in [0.5, 0.6) is 11.5 Å². The van der Waals surface area contributed by atoms with Gasteiger partial charge in [0.2, 0.25) is 0 Å². The van der Waals surface area contributed by atoms with E-state index >= 15 is 0 Å². The van der Waals surface area contributed by atoms with Gasteiger partial charge < -0.3 is 19.8 Å². The van der Waals surface area contributed by atoms with Crippen LogP contribution in [0.15, 0.2) is 84.0 Å². The molecule has 5 nitrogen and oxygen atoms in total. The summed E-state index contributed by atoms with van der Waals surface area (Å²) in [6.45, 7) is 10.6. The van der Waals surface area contributed by atoms with E-state index in [1.807, 2.05) is 30.1 Å². The molecule has 0 saturated carbocycles. The van der Waals surface area contributed by atoms with Crippen molar-refractivity contribution in [3.8, 4) is 11.5 Å². The molecule has 0 aliphatic carbocycles. The van der Waals surface area contributed by atoms with Gasteiger partial charge in [0, 0.05) is 22.1 Å². The predicted octanol–water partition coefficient (Wildman–Crippen LogP) is 9.12. The highest BCUT2D eigenvalue weighted by Crippen LogP contribution is 2.39. The molecular formula is C36H42ClIN2O3. The number of carbonyl (C=O) groups excluding carboxylic acids is 1. The van der Waals surface area contributed by atoms with E-state index in [1.54, 1.807) is 12.1 Å². The van der Waals surface area contributed by atoms with E-state index in [0.717, 1.165) is 31.3 Å². The third-order valence-electron chi connectivity index (χ3n) is 7.79. The number of halogens is 2. The molecule has 1 fully saturated rings. The van der Waals surface area contributed by atoms with E-state index < -0.39 is 0 Å². The monoisotopic (exact) mass is 712 g/mol. The van der Waals surface area contributed by atoms with Gasteiger partial charge in [-0.3, -0.25) is 4.79 Å². The van der Waals surface area contributed by atoms with Crippen LogP contribution in [0.3, 0.4) is 0 Å². The molecule has 2 heterocycles. The van der Waals surface area contributed by atoms with E-state index in [1.165, 1.54) is 16.7 Å². The van der Waals surface area contributed by atoms with Gasteiger partial charge in [-0.1, -0.05) is 107 Å². The molecule has 228 valence electrons. The van der Waals surface area contributed by atoms with Crippen molar-refractivity contribution in [2.75, 3.05) is 26.3 Å². The number of benzene rings is 2. The van der Waals surface area contributed by atoms with Crippen LogP contribution < -0.4 is 9.47 Å². The second kappa shape index (κ2) is 15.2. The first-order chi connectivity index (χ1) is 20.6. The van der Waals surface area contributed by atoms with Gasteiger partial charge in [-0.2, -0.15) is 0 Å². The zero-order valence-electron chi connectivity index (χ0n) is 25.6. The lowest BCUT2D eigenvalue weighted by molar-refractivity contribution is 0.0753. The highest BCUT2D eigenvalue weighted by molar-refractivity contribution is 14.1. The summed E-state index contributed by atoms with van der Waals surface area (Å²) in [6, 6.07) is 12.1. The number of hydrogen-bond acceptors (Lipinski definition) is 4. The summed E-state index contributed by atoms with van der Waals surface area (Å²) in [5.74, 6) is 1.41. The predicted molar refractivity (Wildman–Crippen MR) is 187 cm³/mol. The molecule has 4 rings (SSSR count). The number of carbonyl (C=O) groups is 1. The SMILES string of the molecule is CC=C(/C=C1\CCN(C(=O)c2cc(Cl)c3c(c2)OCCO3)CC(C)(I)C1)C(=N)/C=C/C=C/C(CC)Cc1cccc(C)c1. The summed E-state index contributed by atoms with van der Waals surface area (Å²) in [7, 11) is 0. The molecule has 2 aromatic carbocycles. The first kappa shape index (κ1) is 33.1. The Morgan fingerprint density at radius 1 is 1.21 bits per heavy atom. The third kappa shape index (κ3) is 9.32. The fourth-order valence-electron chi connectivity index (χ4n) is 5.58. The Bertz CT molecular complexity index is 1460. The van der Waals surface area contributed by atoms with Crippen molar-refractivity contribution in [3.63, 3.8) is 0 Å². The molecule has 7 heteroatoms.